The Morgan fingerprint density at radius 1 is 1.55 bits per heavy atom. The second-order valence-electron chi connectivity index (χ2n) is 3.79. The zero-order chi connectivity index (χ0) is 8.43. The first-order valence-electron chi connectivity index (χ1n) is 4.41. The summed E-state index contributed by atoms with van der Waals surface area (Å²) in [5.74, 6) is 1.24. The third kappa shape index (κ3) is 1.80. The van der Waals surface area contributed by atoms with Gasteiger partial charge in [0.1, 0.15) is 5.78 Å². The molecule has 11 heavy (non-hydrogen) atoms. The maximum absolute atomic E-state index is 11.2. The fraction of sp³-hybridized carbons (Fsp3) is 0.889. The van der Waals surface area contributed by atoms with Crippen molar-refractivity contribution >= 4 is 5.78 Å². The van der Waals surface area contributed by atoms with Gasteiger partial charge in [0.25, 0.3) is 0 Å². The van der Waals surface area contributed by atoms with Crippen LogP contribution < -0.4 is 5.73 Å². The van der Waals surface area contributed by atoms with Crippen molar-refractivity contribution in [2.75, 3.05) is 0 Å². The minimum atomic E-state index is -0.177. The van der Waals surface area contributed by atoms with Crippen molar-refractivity contribution in [1.29, 1.82) is 0 Å². The number of hydrogen-bond donors (Lipinski definition) is 1. The molecule has 1 fully saturated rings. The summed E-state index contributed by atoms with van der Waals surface area (Å²) >= 11 is 0. The molecule has 0 aromatic heterocycles. The Labute approximate surface area is 68.2 Å². The Bertz CT molecular complexity index is 154. The summed E-state index contributed by atoms with van der Waals surface area (Å²) in [6.45, 7) is 4.28. The number of nitrogens with two attached hydrogens (primary N) is 1. The Morgan fingerprint density at radius 3 is 2.64 bits per heavy atom. The third-order valence-electron chi connectivity index (χ3n) is 2.65. The fourth-order valence-electron chi connectivity index (χ4n) is 1.84. The van der Waals surface area contributed by atoms with Gasteiger partial charge in [0.05, 0.1) is 6.04 Å². The Hall–Kier alpha value is -0.370. The number of rotatable bonds is 1. The molecule has 2 atom stereocenters. The highest BCUT2D eigenvalue weighted by molar-refractivity contribution is 5.84. The van der Waals surface area contributed by atoms with E-state index in [9.17, 15) is 4.79 Å². The first kappa shape index (κ1) is 8.72. The predicted octanol–water partition coefficient (Wildman–Crippen LogP) is 1.34. The van der Waals surface area contributed by atoms with E-state index < -0.39 is 0 Å². The summed E-state index contributed by atoms with van der Waals surface area (Å²) in [5, 5.41) is 0. The van der Waals surface area contributed by atoms with Gasteiger partial charge in [-0.25, -0.2) is 0 Å². The molecule has 1 rings (SSSR count). The highest BCUT2D eigenvalue weighted by Gasteiger charge is 2.30. The molecule has 0 amide bonds. The van der Waals surface area contributed by atoms with E-state index in [0.717, 1.165) is 12.8 Å². The van der Waals surface area contributed by atoms with Crippen LogP contribution in [0.1, 0.15) is 33.1 Å². The van der Waals surface area contributed by atoms with Gasteiger partial charge in [-0.3, -0.25) is 4.79 Å². The maximum atomic E-state index is 11.2. The van der Waals surface area contributed by atoms with E-state index >= 15 is 0 Å². The van der Waals surface area contributed by atoms with E-state index in [1.165, 1.54) is 0 Å². The van der Waals surface area contributed by atoms with Crippen molar-refractivity contribution < 1.29 is 4.79 Å². The van der Waals surface area contributed by atoms with E-state index in [2.05, 4.69) is 13.8 Å². The molecule has 0 unspecified atom stereocenters. The van der Waals surface area contributed by atoms with Crippen molar-refractivity contribution in [1.82, 2.24) is 0 Å². The van der Waals surface area contributed by atoms with Crippen molar-refractivity contribution in [3.8, 4) is 0 Å². The third-order valence-corrected chi connectivity index (χ3v) is 2.65. The van der Waals surface area contributed by atoms with Crippen molar-refractivity contribution in [3.05, 3.63) is 0 Å². The lowest BCUT2D eigenvalue weighted by atomic mass is 9.78. The number of carbonyl (C=O) groups is 1. The monoisotopic (exact) mass is 155 g/mol. The average Bonchev–Trinajstić information content (AvgIpc) is 1.94. The molecule has 0 aromatic carbocycles. The lowest BCUT2D eigenvalue weighted by molar-refractivity contribution is -0.123. The lowest BCUT2D eigenvalue weighted by Crippen LogP contribution is -2.43. The van der Waals surface area contributed by atoms with Crippen LogP contribution in [0.4, 0.5) is 0 Å². The molecule has 2 nitrogen and oxygen atoms in total. The molecule has 1 aliphatic rings. The summed E-state index contributed by atoms with van der Waals surface area (Å²) in [5.41, 5.74) is 5.77. The summed E-state index contributed by atoms with van der Waals surface area (Å²) < 4.78 is 0. The topological polar surface area (TPSA) is 43.1 Å². The van der Waals surface area contributed by atoms with E-state index in [1.54, 1.807) is 0 Å². The molecule has 2 N–H and O–H groups in total. The van der Waals surface area contributed by atoms with Crippen LogP contribution in [-0.4, -0.2) is 11.8 Å². The molecule has 2 heteroatoms. The van der Waals surface area contributed by atoms with Gasteiger partial charge < -0.3 is 5.73 Å². The van der Waals surface area contributed by atoms with Gasteiger partial charge in [-0.2, -0.15) is 0 Å². The van der Waals surface area contributed by atoms with Crippen LogP contribution in [0.25, 0.3) is 0 Å². The minimum absolute atomic E-state index is 0.177. The molecule has 0 radical (unpaired) electrons. The quantitative estimate of drug-likeness (QED) is 0.621. The number of ketones is 1. The number of Topliss-reactive ketones (excluding diaryl/α,β-unsaturated/α-hetero) is 1. The first-order chi connectivity index (χ1) is 5.13. The molecular weight excluding hydrogens is 138 g/mol. The highest BCUT2D eigenvalue weighted by Crippen LogP contribution is 2.26. The summed E-state index contributed by atoms with van der Waals surface area (Å²) in [4.78, 5) is 11.2. The van der Waals surface area contributed by atoms with E-state index in [0.29, 0.717) is 18.3 Å². The molecule has 0 bridgehead atoms. The second-order valence-corrected chi connectivity index (χ2v) is 3.79. The van der Waals surface area contributed by atoms with Crippen LogP contribution in [0.5, 0.6) is 0 Å². The minimum Gasteiger partial charge on any atom is -0.321 e. The predicted molar refractivity (Wildman–Crippen MR) is 45.2 cm³/mol. The molecule has 0 aliphatic heterocycles. The van der Waals surface area contributed by atoms with Crippen LogP contribution in [0.15, 0.2) is 0 Å². The van der Waals surface area contributed by atoms with Crippen molar-refractivity contribution in [2.24, 2.45) is 17.6 Å². The second kappa shape index (κ2) is 3.35. The fourth-order valence-corrected chi connectivity index (χ4v) is 1.84. The number of hydrogen-bond acceptors (Lipinski definition) is 2. The molecule has 1 aliphatic carbocycles. The van der Waals surface area contributed by atoms with Crippen LogP contribution in [0.3, 0.4) is 0 Å². The van der Waals surface area contributed by atoms with Gasteiger partial charge in [-0.05, 0) is 24.7 Å². The van der Waals surface area contributed by atoms with Crippen LogP contribution in [-0.2, 0) is 4.79 Å². The SMILES string of the molecule is CC(C)[C@@H]1CCCC(=O)[C@@H]1N. The molecular formula is C9H17NO. The maximum Gasteiger partial charge on any atom is 0.149 e. The largest absolute Gasteiger partial charge is 0.321 e. The lowest BCUT2D eigenvalue weighted by Gasteiger charge is -2.30. The molecule has 1 saturated carbocycles. The van der Waals surface area contributed by atoms with Crippen LogP contribution in [0.2, 0.25) is 0 Å². The summed E-state index contributed by atoms with van der Waals surface area (Å²) in [6.07, 6.45) is 2.87. The molecule has 64 valence electrons. The first-order valence-corrected chi connectivity index (χ1v) is 4.41. The summed E-state index contributed by atoms with van der Waals surface area (Å²) in [6, 6.07) is -0.177. The van der Waals surface area contributed by atoms with E-state index in [-0.39, 0.29) is 11.8 Å². The Morgan fingerprint density at radius 2 is 2.18 bits per heavy atom. The molecule has 0 heterocycles. The van der Waals surface area contributed by atoms with Gasteiger partial charge >= 0.3 is 0 Å². The Kier molecular flexibility index (Phi) is 2.66. The van der Waals surface area contributed by atoms with Gasteiger partial charge in [-0.1, -0.05) is 13.8 Å². The highest BCUT2D eigenvalue weighted by atomic mass is 16.1. The van der Waals surface area contributed by atoms with Gasteiger partial charge in [0.15, 0.2) is 0 Å². The van der Waals surface area contributed by atoms with Crippen molar-refractivity contribution in [3.63, 3.8) is 0 Å². The van der Waals surface area contributed by atoms with Crippen LogP contribution in [0, 0.1) is 11.8 Å². The van der Waals surface area contributed by atoms with Crippen molar-refractivity contribution in [2.45, 2.75) is 39.2 Å². The number of carbonyl (C=O) groups excluding carboxylic acids is 1. The van der Waals surface area contributed by atoms with Gasteiger partial charge in [0, 0.05) is 6.42 Å². The van der Waals surface area contributed by atoms with E-state index in [1.807, 2.05) is 0 Å². The molecule has 0 spiro atoms. The van der Waals surface area contributed by atoms with Crippen LogP contribution >= 0.6 is 0 Å². The smallest absolute Gasteiger partial charge is 0.149 e. The zero-order valence-electron chi connectivity index (χ0n) is 7.34. The molecule has 0 saturated heterocycles. The standard InChI is InChI=1S/C9H17NO/c1-6(2)7-4-3-5-8(11)9(7)10/h6-7,9H,3-5,10H2,1-2H3/t7-,9+/m0/s1. The summed E-state index contributed by atoms with van der Waals surface area (Å²) in [7, 11) is 0. The van der Waals surface area contributed by atoms with Gasteiger partial charge in [-0.15, -0.1) is 0 Å². The Balaban J connectivity index is 2.58. The molecule has 0 aromatic rings. The average molecular weight is 155 g/mol. The van der Waals surface area contributed by atoms with E-state index in [4.69, 9.17) is 5.73 Å². The van der Waals surface area contributed by atoms with Gasteiger partial charge in [0.2, 0.25) is 0 Å². The zero-order valence-corrected chi connectivity index (χ0v) is 7.34. The normalized spacial score (nSPS) is 32.9.